The highest BCUT2D eigenvalue weighted by Gasteiger charge is 2.35. The summed E-state index contributed by atoms with van der Waals surface area (Å²) in [6, 6.07) is 21.9. The van der Waals surface area contributed by atoms with E-state index < -0.39 is 6.10 Å². The molecule has 3 aromatic rings. The first-order chi connectivity index (χ1) is 15.6. The van der Waals surface area contributed by atoms with Gasteiger partial charge in [-0.25, -0.2) is 0 Å². The predicted molar refractivity (Wildman–Crippen MR) is 124 cm³/mol. The fourth-order valence-electron chi connectivity index (χ4n) is 3.64. The molecule has 1 atom stereocenters. The van der Waals surface area contributed by atoms with Crippen molar-refractivity contribution in [1.29, 1.82) is 0 Å². The van der Waals surface area contributed by atoms with Gasteiger partial charge in [0.15, 0.2) is 6.10 Å². The number of amides is 2. The molecule has 0 fully saturated rings. The smallest absolute Gasteiger partial charge is 0.262 e. The van der Waals surface area contributed by atoms with E-state index in [1.807, 2.05) is 36.4 Å². The third-order valence-electron chi connectivity index (χ3n) is 5.26. The molecule has 1 N–H and O–H groups in total. The molecule has 0 bridgehead atoms. The van der Waals surface area contributed by atoms with Crippen LogP contribution in [0.1, 0.15) is 15.9 Å². The van der Waals surface area contributed by atoms with Crippen LogP contribution in [0.25, 0.3) is 0 Å². The van der Waals surface area contributed by atoms with Gasteiger partial charge in [0.05, 0.1) is 24.9 Å². The van der Waals surface area contributed by atoms with Gasteiger partial charge in [0.2, 0.25) is 0 Å². The van der Waals surface area contributed by atoms with Gasteiger partial charge in [-0.2, -0.15) is 0 Å². The zero-order valence-corrected chi connectivity index (χ0v) is 18.3. The topological polar surface area (TPSA) is 67.9 Å². The Morgan fingerprint density at radius 1 is 1.09 bits per heavy atom. The van der Waals surface area contributed by atoms with Gasteiger partial charge in [0, 0.05) is 11.6 Å². The van der Waals surface area contributed by atoms with E-state index in [9.17, 15) is 9.59 Å². The monoisotopic (exact) mass is 450 g/mol. The van der Waals surface area contributed by atoms with Crippen molar-refractivity contribution in [3.63, 3.8) is 0 Å². The number of halogens is 1. The maximum Gasteiger partial charge on any atom is 0.262 e. The Morgan fingerprint density at radius 2 is 1.84 bits per heavy atom. The van der Waals surface area contributed by atoms with E-state index in [0.717, 1.165) is 5.56 Å². The summed E-state index contributed by atoms with van der Waals surface area (Å²) in [6.45, 7) is 0.545. The van der Waals surface area contributed by atoms with Crippen LogP contribution in [0.4, 0.5) is 5.69 Å². The van der Waals surface area contributed by atoms with Gasteiger partial charge >= 0.3 is 0 Å². The fourth-order valence-corrected chi connectivity index (χ4v) is 3.82. The van der Waals surface area contributed by atoms with Crippen LogP contribution in [0.3, 0.4) is 0 Å². The predicted octanol–water partition coefficient (Wildman–Crippen LogP) is 4.12. The lowest BCUT2D eigenvalue weighted by molar-refractivity contribution is -0.127. The summed E-state index contributed by atoms with van der Waals surface area (Å²) in [5, 5.41) is 3.34. The number of rotatable bonds is 6. The van der Waals surface area contributed by atoms with Crippen LogP contribution in [0.15, 0.2) is 72.8 Å². The van der Waals surface area contributed by atoms with E-state index in [2.05, 4.69) is 5.32 Å². The Hall–Kier alpha value is -3.51. The van der Waals surface area contributed by atoms with Gasteiger partial charge in [-0.3, -0.25) is 9.59 Å². The molecule has 164 valence electrons. The molecule has 1 unspecified atom stereocenters. The lowest BCUT2D eigenvalue weighted by Crippen LogP contribution is -2.51. The molecule has 6 nitrogen and oxygen atoms in total. The van der Waals surface area contributed by atoms with Crippen LogP contribution in [-0.4, -0.2) is 38.1 Å². The summed E-state index contributed by atoms with van der Waals surface area (Å²) >= 11 is 6.13. The number of hydrogen-bond acceptors (Lipinski definition) is 4. The first-order valence-corrected chi connectivity index (χ1v) is 10.7. The Labute approximate surface area is 191 Å². The quantitative estimate of drug-likeness (QED) is 0.613. The molecule has 3 aromatic carbocycles. The summed E-state index contributed by atoms with van der Waals surface area (Å²) in [5.74, 6) is 0.289. The van der Waals surface area contributed by atoms with Crippen LogP contribution in [0, 0.1) is 0 Å². The van der Waals surface area contributed by atoms with Crippen LogP contribution < -0.4 is 19.7 Å². The van der Waals surface area contributed by atoms with E-state index in [4.69, 9.17) is 21.1 Å². The SMILES string of the molecule is COc1ccc(Cl)cc1C(=O)N1CC(C(=O)NCCc2ccccc2)Oc2ccccc21. The summed E-state index contributed by atoms with van der Waals surface area (Å²) in [4.78, 5) is 27.9. The van der Waals surface area contributed by atoms with E-state index in [1.165, 1.54) is 12.0 Å². The molecule has 32 heavy (non-hydrogen) atoms. The molecule has 2 amide bonds. The van der Waals surface area contributed by atoms with E-state index in [1.54, 1.807) is 36.4 Å². The van der Waals surface area contributed by atoms with Crippen LogP contribution in [-0.2, 0) is 11.2 Å². The molecule has 1 heterocycles. The molecule has 0 aliphatic carbocycles. The van der Waals surface area contributed by atoms with Crippen molar-refractivity contribution in [3.05, 3.63) is 88.9 Å². The van der Waals surface area contributed by atoms with Crippen LogP contribution in [0.5, 0.6) is 11.5 Å². The number of ether oxygens (including phenoxy) is 2. The summed E-state index contributed by atoms with van der Waals surface area (Å²) in [6.07, 6.45) is -0.132. The number of carbonyl (C=O) groups excluding carboxylic acids is 2. The molecule has 4 rings (SSSR count). The van der Waals surface area contributed by atoms with Gasteiger partial charge in [-0.1, -0.05) is 54.1 Å². The average Bonchev–Trinajstić information content (AvgIpc) is 2.83. The lowest BCUT2D eigenvalue weighted by atomic mass is 10.1. The molecule has 1 aliphatic rings. The number of methoxy groups -OCH3 is 1. The van der Waals surface area contributed by atoms with Gasteiger partial charge in [0.25, 0.3) is 11.8 Å². The first-order valence-electron chi connectivity index (χ1n) is 10.3. The summed E-state index contributed by atoms with van der Waals surface area (Å²) in [7, 11) is 1.50. The minimum absolute atomic E-state index is 0.0721. The molecule has 0 saturated heterocycles. The van der Waals surface area contributed by atoms with Crippen molar-refractivity contribution in [2.24, 2.45) is 0 Å². The number of hydrogen-bond donors (Lipinski definition) is 1. The van der Waals surface area contributed by atoms with Crippen LogP contribution >= 0.6 is 11.6 Å². The second-order valence-corrected chi connectivity index (χ2v) is 7.80. The minimum atomic E-state index is -0.838. The van der Waals surface area contributed by atoms with Gasteiger partial charge in [0.1, 0.15) is 11.5 Å². The van der Waals surface area contributed by atoms with Gasteiger partial charge in [-0.15, -0.1) is 0 Å². The largest absolute Gasteiger partial charge is 0.496 e. The normalized spacial score (nSPS) is 14.8. The molecular formula is C25H23ClN2O4. The van der Waals surface area contributed by atoms with Crippen molar-refractivity contribution < 1.29 is 19.1 Å². The average molecular weight is 451 g/mol. The van der Waals surface area contributed by atoms with Gasteiger partial charge in [-0.05, 0) is 42.3 Å². The number of nitrogens with one attached hydrogen (secondary N) is 1. The zero-order chi connectivity index (χ0) is 22.5. The number of anilines is 1. The molecule has 0 saturated carbocycles. The molecule has 0 spiro atoms. The molecule has 7 heteroatoms. The highest BCUT2D eigenvalue weighted by Crippen LogP contribution is 2.35. The minimum Gasteiger partial charge on any atom is -0.496 e. The van der Waals surface area contributed by atoms with E-state index >= 15 is 0 Å². The fraction of sp³-hybridized carbons (Fsp3) is 0.200. The van der Waals surface area contributed by atoms with E-state index in [0.29, 0.717) is 40.7 Å². The van der Waals surface area contributed by atoms with Crippen molar-refractivity contribution in [2.45, 2.75) is 12.5 Å². The number of para-hydroxylation sites is 2. The summed E-state index contributed by atoms with van der Waals surface area (Å²) in [5.41, 5.74) is 2.04. The van der Waals surface area contributed by atoms with Crippen LogP contribution in [0.2, 0.25) is 5.02 Å². The molecule has 0 radical (unpaired) electrons. The molecule has 0 aromatic heterocycles. The van der Waals surface area contributed by atoms with Crippen molar-refractivity contribution in [2.75, 3.05) is 25.1 Å². The lowest BCUT2D eigenvalue weighted by Gasteiger charge is -2.34. The maximum absolute atomic E-state index is 13.5. The number of benzene rings is 3. The zero-order valence-electron chi connectivity index (χ0n) is 17.6. The Bertz CT molecular complexity index is 1120. The third-order valence-corrected chi connectivity index (χ3v) is 5.49. The number of fused-ring (bicyclic) bond motifs is 1. The Kier molecular flexibility index (Phi) is 6.61. The van der Waals surface area contributed by atoms with Gasteiger partial charge < -0.3 is 19.7 Å². The Morgan fingerprint density at radius 3 is 2.62 bits per heavy atom. The van der Waals surface area contributed by atoms with E-state index in [-0.39, 0.29) is 18.4 Å². The third kappa shape index (κ3) is 4.70. The maximum atomic E-state index is 13.5. The second-order valence-electron chi connectivity index (χ2n) is 7.36. The highest BCUT2D eigenvalue weighted by atomic mass is 35.5. The number of carbonyl (C=O) groups is 2. The highest BCUT2D eigenvalue weighted by molar-refractivity contribution is 6.31. The first kappa shape index (κ1) is 21.7. The molecule has 1 aliphatic heterocycles. The van der Waals surface area contributed by atoms with Crippen molar-refractivity contribution in [1.82, 2.24) is 5.32 Å². The molecular weight excluding hydrogens is 428 g/mol. The Balaban J connectivity index is 1.53. The van der Waals surface area contributed by atoms with Crippen molar-refractivity contribution >= 4 is 29.1 Å². The standard InChI is InChI=1S/C25H23ClN2O4/c1-31-21-12-11-18(26)15-19(21)25(30)28-16-23(32-22-10-6-5-9-20(22)28)24(29)27-14-13-17-7-3-2-4-8-17/h2-12,15,23H,13-14,16H2,1H3,(H,27,29). The summed E-state index contributed by atoms with van der Waals surface area (Å²) < 4.78 is 11.3. The van der Waals surface area contributed by atoms with Crippen molar-refractivity contribution in [3.8, 4) is 11.5 Å². The second kappa shape index (κ2) is 9.75. The number of nitrogens with zero attached hydrogens (tertiary/aromatic N) is 1.